The molecule has 9 heteroatoms. The van der Waals surface area contributed by atoms with Crippen molar-refractivity contribution >= 4 is 46.3 Å². The van der Waals surface area contributed by atoms with E-state index in [-0.39, 0.29) is 11.8 Å². The molecule has 1 heterocycles. The molecule has 2 unspecified atom stereocenters. The number of amides is 3. The molecule has 1 aliphatic carbocycles. The fourth-order valence-corrected chi connectivity index (χ4v) is 5.19. The van der Waals surface area contributed by atoms with Gasteiger partial charge in [0.05, 0.1) is 11.4 Å². The number of hydrogen-bond acceptors (Lipinski definition) is 6. The van der Waals surface area contributed by atoms with Crippen LogP contribution in [-0.2, 0) is 16.0 Å². The molecule has 0 spiro atoms. The maximum absolute atomic E-state index is 13.1. The van der Waals surface area contributed by atoms with E-state index in [1.807, 2.05) is 60.0 Å². The molecule has 3 aromatic carbocycles. The molecule has 4 aromatic rings. The van der Waals surface area contributed by atoms with Gasteiger partial charge < -0.3 is 26.8 Å². The van der Waals surface area contributed by atoms with Crippen LogP contribution in [0.4, 0.5) is 21.9 Å². The van der Waals surface area contributed by atoms with E-state index in [1.165, 1.54) is 0 Å². The molecule has 5 rings (SSSR count). The molecule has 8 nitrogen and oxygen atoms in total. The molecule has 0 aliphatic heterocycles. The fourth-order valence-electron chi connectivity index (χ4n) is 4.47. The first-order valence-corrected chi connectivity index (χ1v) is 12.9. The first-order valence-electron chi connectivity index (χ1n) is 12.0. The van der Waals surface area contributed by atoms with Crippen LogP contribution in [0.3, 0.4) is 0 Å². The highest BCUT2D eigenvalue weighted by Crippen LogP contribution is 2.49. The Morgan fingerprint density at radius 1 is 0.947 bits per heavy atom. The molecule has 1 fully saturated rings. The van der Waals surface area contributed by atoms with E-state index in [0.717, 1.165) is 16.0 Å². The number of carbonyl (C=O) groups is 3. The fraction of sp³-hybridized carbons (Fsp3) is 0.138. The Balaban J connectivity index is 1.25. The summed E-state index contributed by atoms with van der Waals surface area (Å²) >= 11 is 1.60. The Labute approximate surface area is 223 Å². The van der Waals surface area contributed by atoms with Crippen LogP contribution in [0.1, 0.15) is 22.3 Å². The van der Waals surface area contributed by atoms with Gasteiger partial charge in [-0.2, -0.15) is 0 Å². The second-order valence-electron chi connectivity index (χ2n) is 9.17. The molecular formula is C29H26N4O4S. The zero-order valence-corrected chi connectivity index (χ0v) is 21.2. The number of ether oxygens (including phenoxy) is 1. The SMILES string of the molecule is NC(=O)OC1(C(=O)Nc2ccc(C(=O)Nc3cc(-c4cccs4)ccc3N)cc2)CC1Cc1ccccc1. The van der Waals surface area contributed by atoms with E-state index in [0.29, 0.717) is 35.5 Å². The number of benzene rings is 3. The van der Waals surface area contributed by atoms with Crippen LogP contribution < -0.4 is 22.1 Å². The Morgan fingerprint density at radius 2 is 1.71 bits per heavy atom. The zero-order valence-electron chi connectivity index (χ0n) is 20.3. The maximum atomic E-state index is 13.1. The van der Waals surface area contributed by atoms with Gasteiger partial charge in [-0.05, 0) is 65.4 Å². The monoisotopic (exact) mass is 526 g/mol. The van der Waals surface area contributed by atoms with Gasteiger partial charge in [-0.1, -0.05) is 42.5 Å². The average molecular weight is 527 g/mol. The van der Waals surface area contributed by atoms with Gasteiger partial charge in [0.15, 0.2) is 5.60 Å². The van der Waals surface area contributed by atoms with Gasteiger partial charge in [0.1, 0.15) is 0 Å². The molecule has 2 atom stereocenters. The first-order chi connectivity index (χ1) is 18.3. The molecule has 192 valence electrons. The van der Waals surface area contributed by atoms with Crippen molar-refractivity contribution in [2.24, 2.45) is 11.7 Å². The first kappa shape index (κ1) is 25.0. The lowest BCUT2D eigenvalue weighted by Crippen LogP contribution is -2.38. The number of carbonyl (C=O) groups excluding carboxylic acids is 3. The highest BCUT2D eigenvalue weighted by molar-refractivity contribution is 7.13. The third-order valence-corrected chi connectivity index (χ3v) is 7.47. The van der Waals surface area contributed by atoms with Crippen LogP contribution in [0.15, 0.2) is 90.3 Å². The number of nitrogens with two attached hydrogens (primary N) is 2. The number of hydrogen-bond donors (Lipinski definition) is 4. The standard InChI is InChI=1S/C29H26N4O4S/c30-23-13-10-20(25-7-4-14-38-25)16-24(23)33-26(34)19-8-11-22(12-9-19)32-27(35)29(37-28(31)36)17-21(29)15-18-5-2-1-3-6-18/h1-14,16,21H,15,17,30H2,(H2,31,36)(H,32,35)(H,33,34). The second-order valence-corrected chi connectivity index (χ2v) is 10.1. The van der Waals surface area contributed by atoms with E-state index in [2.05, 4.69) is 10.6 Å². The van der Waals surface area contributed by atoms with Gasteiger partial charge in [0.25, 0.3) is 11.8 Å². The van der Waals surface area contributed by atoms with Crippen molar-refractivity contribution in [1.29, 1.82) is 0 Å². The lowest BCUT2D eigenvalue weighted by atomic mass is 10.1. The van der Waals surface area contributed by atoms with Crippen molar-refractivity contribution in [3.05, 3.63) is 101 Å². The number of nitrogens with one attached hydrogen (secondary N) is 2. The van der Waals surface area contributed by atoms with Gasteiger partial charge in [-0.15, -0.1) is 11.3 Å². The van der Waals surface area contributed by atoms with Gasteiger partial charge in [-0.3, -0.25) is 9.59 Å². The van der Waals surface area contributed by atoms with Gasteiger partial charge in [0.2, 0.25) is 0 Å². The highest BCUT2D eigenvalue weighted by atomic mass is 32.1. The molecular weight excluding hydrogens is 500 g/mol. The average Bonchev–Trinajstić information content (AvgIpc) is 3.31. The Morgan fingerprint density at radius 3 is 2.39 bits per heavy atom. The normalized spacial score (nSPS) is 17.8. The van der Waals surface area contributed by atoms with E-state index in [9.17, 15) is 14.4 Å². The van der Waals surface area contributed by atoms with Crippen molar-refractivity contribution in [2.75, 3.05) is 16.4 Å². The molecule has 0 saturated heterocycles. The number of rotatable bonds is 8. The number of primary amides is 1. The summed E-state index contributed by atoms with van der Waals surface area (Å²) in [4.78, 5) is 38.6. The van der Waals surface area contributed by atoms with E-state index in [4.69, 9.17) is 16.2 Å². The summed E-state index contributed by atoms with van der Waals surface area (Å²) in [6.45, 7) is 0. The van der Waals surface area contributed by atoms with Crippen LogP contribution in [0.2, 0.25) is 0 Å². The lowest BCUT2D eigenvalue weighted by Gasteiger charge is -2.17. The Hall–Kier alpha value is -4.63. The molecule has 1 aromatic heterocycles. The van der Waals surface area contributed by atoms with Gasteiger partial charge >= 0.3 is 6.09 Å². The summed E-state index contributed by atoms with van der Waals surface area (Å²) in [5.74, 6) is -0.970. The highest BCUT2D eigenvalue weighted by Gasteiger charge is 2.63. The summed E-state index contributed by atoms with van der Waals surface area (Å²) in [7, 11) is 0. The van der Waals surface area contributed by atoms with Crippen molar-refractivity contribution in [3.63, 3.8) is 0 Å². The summed E-state index contributed by atoms with van der Waals surface area (Å²) in [6, 6.07) is 25.6. The van der Waals surface area contributed by atoms with E-state index < -0.39 is 17.6 Å². The summed E-state index contributed by atoms with van der Waals surface area (Å²) < 4.78 is 5.30. The number of anilines is 3. The predicted molar refractivity (Wildman–Crippen MR) is 149 cm³/mol. The Kier molecular flexibility index (Phi) is 6.85. The molecule has 3 amide bonds. The Bertz CT molecular complexity index is 1470. The van der Waals surface area contributed by atoms with Crippen molar-refractivity contribution in [3.8, 4) is 10.4 Å². The lowest BCUT2D eigenvalue weighted by molar-refractivity contribution is -0.127. The van der Waals surface area contributed by atoms with Crippen molar-refractivity contribution in [2.45, 2.75) is 18.4 Å². The number of thiophene rings is 1. The predicted octanol–water partition coefficient (Wildman–Crippen LogP) is 5.28. The number of nitrogen functional groups attached to an aromatic ring is 1. The summed E-state index contributed by atoms with van der Waals surface area (Å²) in [5, 5.41) is 7.63. The van der Waals surface area contributed by atoms with Gasteiger partial charge in [0, 0.05) is 28.5 Å². The van der Waals surface area contributed by atoms with Crippen LogP contribution in [-0.4, -0.2) is 23.5 Å². The molecule has 6 N–H and O–H groups in total. The van der Waals surface area contributed by atoms with Crippen LogP contribution in [0, 0.1) is 5.92 Å². The minimum atomic E-state index is -1.32. The molecule has 1 saturated carbocycles. The second kappa shape index (κ2) is 10.4. The summed E-state index contributed by atoms with van der Waals surface area (Å²) in [5.41, 5.74) is 13.9. The molecule has 0 bridgehead atoms. The minimum absolute atomic E-state index is 0.183. The van der Waals surface area contributed by atoms with Crippen molar-refractivity contribution in [1.82, 2.24) is 0 Å². The maximum Gasteiger partial charge on any atom is 0.405 e. The third kappa shape index (κ3) is 5.37. The quantitative estimate of drug-likeness (QED) is 0.231. The smallest absolute Gasteiger partial charge is 0.405 e. The topological polar surface area (TPSA) is 137 Å². The molecule has 38 heavy (non-hydrogen) atoms. The largest absolute Gasteiger partial charge is 0.433 e. The van der Waals surface area contributed by atoms with Crippen LogP contribution >= 0.6 is 11.3 Å². The van der Waals surface area contributed by atoms with Crippen LogP contribution in [0.5, 0.6) is 0 Å². The van der Waals surface area contributed by atoms with E-state index in [1.54, 1.807) is 41.7 Å². The molecule has 1 aliphatic rings. The zero-order chi connectivity index (χ0) is 26.7. The molecule has 0 radical (unpaired) electrons. The third-order valence-electron chi connectivity index (χ3n) is 6.55. The summed E-state index contributed by atoms with van der Waals surface area (Å²) in [6.07, 6.45) is -0.0363. The van der Waals surface area contributed by atoms with Gasteiger partial charge in [-0.25, -0.2) is 4.79 Å². The minimum Gasteiger partial charge on any atom is -0.433 e. The van der Waals surface area contributed by atoms with E-state index >= 15 is 0 Å². The van der Waals surface area contributed by atoms with Crippen LogP contribution in [0.25, 0.3) is 10.4 Å². The van der Waals surface area contributed by atoms with Crippen molar-refractivity contribution < 1.29 is 19.1 Å².